The van der Waals surface area contributed by atoms with Crippen LogP contribution in [0.5, 0.6) is 0 Å². The second-order valence-corrected chi connectivity index (χ2v) is 6.49. The summed E-state index contributed by atoms with van der Waals surface area (Å²) in [6.07, 6.45) is 0. The molecule has 4 aromatic rings. The van der Waals surface area contributed by atoms with Crippen LogP contribution in [0.25, 0.3) is 21.5 Å². The Hall–Kier alpha value is -2.60. The molecule has 0 saturated heterocycles. The monoisotopic (exact) mass is 312 g/mol. The van der Waals surface area contributed by atoms with E-state index in [0.717, 1.165) is 0 Å². The molecule has 0 aromatic heterocycles. The Morgan fingerprint density at radius 1 is 0.333 bits per heavy atom. The summed E-state index contributed by atoms with van der Waals surface area (Å²) in [5, 5.41) is 5.49. The maximum atomic E-state index is 2.18. The van der Waals surface area contributed by atoms with Gasteiger partial charge in [0.15, 0.2) is 0 Å². The summed E-state index contributed by atoms with van der Waals surface area (Å²) < 4.78 is 0. The Bertz CT molecular complexity index is 827. The highest BCUT2D eigenvalue weighted by molar-refractivity contribution is 5.88. The van der Waals surface area contributed by atoms with E-state index in [1.54, 1.807) is 0 Å². The SMILES string of the molecule is Cc1cccc2c(C)cccc12.Cc1cccc2c(C)cccc12. The van der Waals surface area contributed by atoms with Crippen LogP contribution in [-0.4, -0.2) is 0 Å². The van der Waals surface area contributed by atoms with Crippen molar-refractivity contribution in [3.63, 3.8) is 0 Å². The molecule has 0 fully saturated rings. The molecule has 0 atom stereocenters. The van der Waals surface area contributed by atoms with Crippen LogP contribution < -0.4 is 0 Å². The van der Waals surface area contributed by atoms with Crippen molar-refractivity contribution in [1.82, 2.24) is 0 Å². The van der Waals surface area contributed by atoms with Crippen LogP contribution in [0.15, 0.2) is 72.8 Å². The summed E-state index contributed by atoms with van der Waals surface area (Å²) in [7, 11) is 0. The zero-order valence-electron chi connectivity index (χ0n) is 14.9. The predicted octanol–water partition coefficient (Wildman–Crippen LogP) is 6.91. The van der Waals surface area contributed by atoms with Gasteiger partial charge in [-0.15, -0.1) is 0 Å². The van der Waals surface area contributed by atoms with Crippen LogP contribution in [0.2, 0.25) is 0 Å². The maximum absolute atomic E-state index is 2.18. The van der Waals surface area contributed by atoms with Gasteiger partial charge in [-0.2, -0.15) is 0 Å². The predicted molar refractivity (Wildman–Crippen MR) is 107 cm³/mol. The first-order valence-corrected chi connectivity index (χ1v) is 8.48. The van der Waals surface area contributed by atoms with Gasteiger partial charge in [-0.25, -0.2) is 0 Å². The summed E-state index contributed by atoms with van der Waals surface area (Å²) in [5.41, 5.74) is 5.43. The fourth-order valence-corrected chi connectivity index (χ4v) is 3.25. The first kappa shape index (κ1) is 16.3. The van der Waals surface area contributed by atoms with E-state index in [2.05, 4.69) is 100 Å². The summed E-state index contributed by atoms with van der Waals surface area (Å²) in [6.45, 7) is 8.62. The molecular weight excluding hydrogens is 288 g/mol. The van der Waals surface area contributed by atoms with Gasteiger partial charge in [-0.3, -0.25) is 0 Å². The number of benzene rings is 4. The molecule has 0 nitrogen and oxygen atoms in total. The van der Waals surface area contributed by atoms with Gasteiger partial charge in [0.25, 0.3) is 0 Å². The minimum Gasteiger partial charge on any atom is -0.0614 e. The molecule has 0 aliphatic rings. The molecule has 120 valence electrons. The molecule has 4 rings (SSSR count). The van der Waals surface area contributed by atoms with E-state index >= 15 is 0 Å². The molecule has 0 saturated carbocycles. The summed E-state index contributed by atoms with van der Waals surface area (Å²) >= 11 is 0. The molecule has 24 heavy (non-hydrogen) atoms. The average molecular weight is 312 g/mol. The van der Waals surface area contributed by atoms with E-state index in [-0.39, 0.29) is 0 Å². The van der Waals surface area contributed by atoms with Crippen molar-refractivity contribution in [1.29, 1.82) is 0 Å². The van der Waals surface area contributed by atoms with Gasteiger partial charge in [-0.05, 0) is 71.5 Å². The lowest BCUT2D eigenvalue weighted by molar-refractivity contribution is 1.48. The molecule has 0 aliphatic carbocycles. The molecule has 0 heterocycles. The van der Waals surface area contributed by atoms with Gasteiger partial charge in [0.05, 0.1) is 0 Å². The highest BCUT2D eigenvalue weighted by atomic mass is 14.0. The van der Waals surface area contributed by atoms with Crippen molar-refractivity contribution in [2.24, 2.45) is 0 Å². The third kappa shape index (κ3) is 3.19. The van der Waals surface area contributed by atoms with Crippen LogP contribution in [-0.2, 0) is 0 Å². The van der Waals surface area contributed by atoms with Crippen LogP contribution in [0, 0.1) is 27.7 Å². The number of rotatable bonds is 0. The van der Waals surface area contributed by atoms with Crippen molar-refractivity contribution in [3.8, 4) is 0 Å². The van der Waals surface area contributed by atoms with Gasteiger partial charge in [0.2, 0.25) is 0 Å². The summed E-state index contributed by atoms with van der Waals surface area (Å²) in [4.78, 5) is 0. The van der Waals surface area contributed by atoms with E-state index in [1.165, 1.54) is 43.8 Å². The van der Waals surface area contributed by atoms with Crippen molar-refractivity contribution >= 4 is 21.5 Å². The van der Waals surface area contributed by atoms with Crippen LogP contribution in [0.4, 0.5) is 0 Å². The zero-order valence-corrected chi connectivity index (χ0v) is 14.9. The van der Waals surface area contributed by atoms with Gasteiger partial charge >= 0.3 is 0 Å². The van der Waals surface area contributed by atoms with Gasteiger partial charge in [-0.1, -0.05) is 72.8 Å². The number of aryl methyl sites for hydroxylation is 4. The Kier molecular flexibility index (Phi) is 4.66. The van der Waals surface area contributed by atoms with Crippen molar-refractivity contribution in [2.45, 2.75) is 27.7 Å². The smallest absolute Gasteiger partial charge is 0.0152 e. The second-order valence-electron chi connectivity index (χ2n) is 6.49. The molecule has 0 N–H and O–H groups in total. The lowest BCUT2D eigenvalue weighted by atomic mass is 10.0. The second kappa shape index (κ2) is 6.88. The maximum Gasteiger partial charge on any atom is -0.0152 e. The standard InChI is InChI=1S/2C12H12/c2*1-9-5-3-8-12-10(2)6-4-7-11(9)12/h2*3-8H,1-2H3. The third-order valence-corrected chi connectivity index (χ3v) is 4.72. The van der Waals surface area contributed by atoms with Crippen molar-refractivity contribution < 1.29 is 0 Å². The number of hydrogen-bond acceptors (Lipinski definition) is 0. The number of hydrogen-bond donors (Lipinski definition) is 0. The largest absolute Gasteiger partial charge is 0.0614 e. The van der Waals surface area contributed by atoms with E-state index in [1.807, 2.05) is 0 Å². The summed E-state index contributed by atoms with van der Waals surface area (Å²) in [6, 6.07) is 25.8. The third-order valence-electron chi connectivity index (χ3n) is 4.72. The van der Waals surface area contributed by atoms with Gasteiger partial charge in [0, 0.05) is 0 Å². The fraction of sp³-hybridized carbons (Fsp3) is 0.167. The zero-order chi connectivity index (χ0) is 17.1. The summed E-state index contributed by atoms with van der Waals surface area (Å²) in [5.74, 6) is 0. The highest BCUT2D eigenvalue weighted by Gasteiger charge is 1.97. The molecule has 0 spiro atoms. The minimum absolute atomic E-state index is 1.36. The lowest BCUT2D eigenvalue weighted by Crippen LogP contribution is -1.80. The van der Waals surface area contributed by atoms with E-state index < -0.39 is 0 Å². The van der Waals surface area contributed by atoms with Crippen molar-refractivity contribution in [3.05, 3.63) is 95.1 Å². The first-order chi connectivity index (χ1) is 11.6. The normalized spacial score (nSPS) is 10.5. The molecular formula is C24H24. The Labute approximate surface area is 144 Å². The fourth-order valence-electron chi connectivity index (χ4n) is 3.25. The molecule has 0 radical (unpaired) electrons. The molecule has 0 amide bonds. The van der Waals surface area contributed by atoms with E-state index in [0.29, 0.717) is 0 Å². The molecule has 0 heteroatoms. The lowest BCUT2D eigenvalue weighted by Gasteiger charge is -2.03. The Morgan fingerprint density at radius 3 is 0.750 bits per heavy atom. The van der Waals surface area contributed by atoms with E-state index in [9.17, 15) is 0 Å². The quantitative estimate of drug-likeness (QED) is 0.331. The topological polar surface area (TPSA) is 0 Å². The van der Waals surface area contributed by atoms with Crippen LogP contribution in [0.1, 0.15) is 22.3 Å². The molecule has 0 aliphatic heterocycles. The van der Waals surface area contributed by atoms with E-state index in [4.69, 9.17) is 0 Å². The van der Waals surface area contributed by atoms with Gasteiger partial charge in [0.1, 0.15) is 0 Å². The minimum atomic E-state index is 1.36. The van der Waals surface area contributed by atoms with Crippen LogP contribution >= 0.6 is 0 Å². The Morgan fingerprint density at radius 2 is 0.542 bits per heavy atom. The average Bonchev–Trinajstić information content (AvgIpc) is 2.58. The first-order valence-electron chi connectivity index (χ1n) is 8.48. The molecule has 4 aromatic carbocycles. The van der Waals surface area contributed by atoms with Crippen molar-refractivity contribution in [2.75, 3.05) is 0 Å². The number of fused-ring (bicyclic) bond motifs is 2. The highest BCUT2D eigenvalue weighted by Crippen LogP contribution is 2.21. The van der Waals surface area contributed by atoms with Gasteiger partial charge < -0.3 is 0 Å². The Balaban J connectivity index is 0.000000141. The molecule has 0 unspecified atom stereocenters. The van der Waals surface area contributed by atoms with Crippen LogP contribution in [0.3, 0.4) is 0 Å². The molecule has 0 bridgehead atoms.